The van der Waals surface area contributed by atoms with Gasteiger partial charge >= 0.3 is 0 Å². The number of amides is 1. The van der Waals surface area contributed by atoms with Crippen molar-refractivity contribution in [2.45, 2.75) is 43.8 Å². The lowest BCUT2D eigenvalue weighted by atomic mass is 10.1. The molecule has 0 spiro atoms. The molecule has 0 radical (unpaired) electrons. The smallest absolute Gasteiger partial charge is 0.246 e. The minimum atomic E-state index is -4.16. The number of methoxy groups -OCH3 is 2. The zero-order valence-electron chi connectivity index (χ0n) is 25.6. The normalized spacial score (nSPS) is 13.2. The molecule has 238 valence electrons. The van der Waals surface area contributed by atoms with Crippen LogP contribution in [0.5, 0.6) is 11.5 Å². The molecule has 1 saturated carbocycles. The first kappa shape index (κ1) is 31.6. The molecule has 0 saturated heterocycles. The molecule has 11 heteroatoms. The molecule has 6 rings (SSSR count). The Labute approximate surface area is 273 Å². The molecule has 1 N–H and O–H groups in total. The van der Waals surface area contributed by atoms with Crippen LogP contribution in [0.1, 0.15) is 29.5 Å². The number of nitrogens with zero attached hydrogens (tertiary/aromatic N) is 3. The zero-order chi connectivity index (χ0) is 32.3. The van der Waals surface area contributed by atoms with Gasteiger partial charge in [-0.05, 0) is 77.9 Å². The van der Waals surface area contributed by atoms with E-state index in [0.29, 0.717) is 51.1 Å². The van der Waals surface area contributed by atoms with Gasteiger partial charge in [0.05, 0.1) is 20.6 Å². The van der Waals surface area contributed by atoms with E-state index in [-0.39, 0.29) is 30.3 Å². The summed E-state index contributed by atoms with van der Waals surface area (Å²) in [4.78, 5) is 13.2. The van der Waals surface area contributed by atoms with Crippen molar-refractivity contribution in [3.63, 3.8) is 0 Å². The molecular formula is C35H35ClN4O5S. The number of carbonyl (C=O) groups excluding carboxylic acids is 1. The van der Waals surface area contributed by atoms with Crippen molar-refractivity contribution in [2.24, 2.45) is 5.92 Å². The minimum Gasteiger partial charge on any atom is -0.497 e. The number of benzene rings is 4. The van der Waals surface area contributed by atoms with E-state index in [4.69, 9.17) is 26.2 Å². The van der Waals surface area contributed by atoms with Gasteiger partial charge < -0.3 is 14.8 Å². The van der Waals surface area contributed by atoms with Crippen LogP contribution >= 0.6 is 11.6 Å². The molecule has 0 bridgehead atoms. The quantitative estimate of drug-likeness (QED) is 0.151. The largest absolute Gasteiger partial charge is 0.497 e. The fourth-order valence-corrected chi connectivity index (χ4v) is 7.13. The molecule has 1 aliphatic carbocycles. The highest BCUT2D eigenvalue weighted by molar-refractivity contribution is 7.89. The molecule has 1 aliphatic rings. The van der Waals surface area contributed by atoms with Gasteiger partial charge in [0.2, 0.25) is 15.9 Å². The highest BCUT2D eigenvalue weighted by atomic mass is 35.5. The van der Waals surface area contributed by atoms with Gasteiger partial charge in [-0.3, -0.25) is 9.48 Å². The van der Waals surface area contributed by atoms with Gasteiger partial charge in [-0.2, -0.15) is 9.40 Å². The number of nitrogens with one attached hydrogen (secondary N) is 1. The van der Waals surface area contributed by atoms with Crippen molar-refractivity contribution in [2.75, 3.05) is 19.5 Å². The standard InChI is InChI=1S/C35H35ClN4O5S/c1-44-30-13-9-25(10-14-30)21-40(22-26-11-15-31(45-2)16-12-26)46(42,43)33-19-29(37-34(41)18-27-5-3-4-6-32(27)36)17-28-23-39(38-35(28)33)20-24-7-8-24/h3-6,9-17,19,23-24H,7-8,18,20-22H2,1-2H3,(H,37,41). The summed E-state index contributed by atoms with van der Waals surface area (Å²) in [6.07, 6.45) is 4.15. The molecule has 0 atom stereocenters. The van der Waals surface area contributed by atoms with E-state index in [2.05, 4.69) is 5.32 Å². The van der Waals surface area contributed by atoms with E-state index in [1.807, 2.05) is 41.2 Å². The maximum absolute atomic E-state index is 14.7. The van der Waals surface area contributed by atoms with Gasteiger partial charge in [-0.15, -0.1) is 0 Å². The summed E-state index contributed by atoms with van der Waals surface area (Å²) in [5.74, 6) is 1.58. The molecule has 1 aromatic heterocycles. The topological polar surface area (TPSA) is 103 Å². The second-order valence-electron chi connectivity index (χ2n) is 11.5. The molecular weight excluding hydrogens is 624 g/mol. The molecule has 0 unspecified atom stereocenters. The molecule has 1 amide bonds. The highest BCUT2D eigenvalue weighted by Crippen LogP contribution is 2.34. The summed E-state index contributed by atoms with van der Waals surface area (Å²) >= 11 is 6.30. The minimum absolute atomic E-state index is 0.0228. The predicted molar refractivity (Wildman–Crippen MR) is 179 cm³/mol. The average Bonchev–Trinajstić information content (AvgIpc) is 3.78. The van der Waals surface area contributed by atoms with Crippen molar-refractivity contribution in [3.05, 3.63) is 113 Å². The average molecular weight is 659 g/mol. The van der Waals surface area contributed by atoms with E-state index in [1.54, 1.807) is 62.8 Å². The molecule has 5 aromatic rings. The summed E-state index contributed by atoms with van der Waals surface area (Å²) in [5.41, 5.74) is 2.98. The van der Waals surface area contributed by atoms with Gasteiger partial charge in [0.1, 0.15) is 21.9 Å². The molecule has 1 heterocycles. The monoisotopic (exact) mass is 658 g/mol. The third-order valence-corrected chi connectivity index (χ3v) is 10.2. The first-order valence-corrected chi connectivity index (χ1v) is 16.8. The van der Waals surface area contributed by atoms with Crippen molar-refractivity contribution < 1.29 is 22.7 Å². The molecule has 0 aliphatic heterocycles. The van der Waals surface area contributed by atoms with Crippen LogP contribution in [0.15, 0.2) is 96.0 Å². The highest BCUT2D eigenvalue weighted by Gasteiger charge is 2.30. The van der Waals surface area contributed by atoms with Gasteiger partial charge in [0.25, 0.3) is 0 Å². The summed E-state index contributed by atoms with van der Waals surface area (Å²) in [7, 11) is -0.983. The van der Waals surface area contributed by atoms with Crippen LogP contribution in [-0.4, -0.2) is 42.6 Å². The summed E-state index contributed by atoms with van der Waals surface area (Å²) < 4.78 is 43.3. The number of sulfonamides is 1. The van der Waals surface area contributed by atoms with Crippen LogP contribution in [0, 0.1) is 5.92 Å². The zero-order valence-corrected chi connectivity index (χ0v) is 27.2. The lowest BCUT2D eigenvalue weighted by molar-refractivity contribution is -0.115. The number of hydrogen-bond donors (Lipinski definition) is 1. The third-order valence-electron chi connectivity index (χ3n) is 8.01. The van der Waals surface area contributed by atoms with Crippen molar-refractivity contribution in [1.82, 2.24) is 14.1 Å². The SMILES string of the molecule is COc1ccc(CN(Cc2ccc(OC)cc2)S(=O)(=O)c2cc(NC(=O)Cc3ccccc3Cl)cc3cn(CC4CC4)nc23)cc1. The number of aromatic nitrogens is 2. The van der Waals surface area contributed by atoms with E-state index < -0.39 is 10.0 Å². The Bertz CT molecular complexity index is 1910. The van der Waals surface area contributed by atoms with Gasteiger partial charge in [0.15, 0.2) is 0 Å². The summed E-state index contributed by atoms with van der Waals surface area (Å²) in [5, 5.41) is 8.77. The van der Waals surface area contributed by atoms with E-state index >= 15 is 0 Å². The lowest BCUT2D eigenvalue weighted by Crippen LogP contribution is -2.30. The number of halogens is 1. The second kappa shape index (κ2) is 13.5. The Balaban J connectivity index is 1.39. The number of hydrogen-bond acceptors (Lipinski definition) is 6. The van der Waals surface area contributed by atoms with Crippen LogP contribution in [0.25, 0.3) is 10.9 Å². The molecule has 1 fully saturated rings. The maximum Gasteiger partial charge on any atom is 0.246 e. The fraction of sp³-hybridized carbons (Fsp3) is 0.257. The molecule has 46 heavy (non-hydrogen) atoms. The lowest BCUT2D eigenvalue weighted by Gasteiger charge is -2.23. The Morgan fingerprint density at radius 2 is 1.54 bits per heavy atom. The fourth-order valence-electron chi connectivity index (χ4n) is 5.33. The molecule has 4 aromatic carbocycles. The predicted octanol–water partition coefficient (Wildman–Crippen LogP) is 6.69. The Morgan fingerprint density at radius 1 is 0.935 bits per heavy atom. The van der Waals surface area contributed by atoms with E-state index in [0.717, 1.165) is 24.0 Å². The van der Waals surface area contributed by atoms with E-state index in [1.165, 1.54) is 10.4 Å². The van der Waals surface area contributed by atoms with E-state index in [9.17, 15) is 13.2 Å². The van der Waals surface area contributed by atoms with Crippen molar-refractivity contribution in [1.29, 1.82) is 0 Å². The first-order valence-electron chi connectivity index (χ1n) is 15.0. The van der Waals surface area contributed by atoms with Gasteiger partial charge in [-0.25, -0.2) is 8.42 Å². The van der Waals surface area contributed by atoms with Crippen LogP contribution < -0.4 is 14.8 Å². The number of fused-ring (bicyclic) bond motifs is 1. The Hall–Kier alpha value is -4.38. The Kier molecular flexibility index (Phi) is 9.30. The summed E-state index contributed by atoms with van der Waals surface area (Å²) in [6.45, 7) is 0.918. The summed E-state index contributed by atoms with van der Waals surface area (Å²) in [6, 6.07) is 25.0. The van der Waals surface area contributed by atoms with Crippen LogP contribution in [0.4, 0.5) is 5.69 Å². The van der Waals surface area contributed by atoms with Crippen LogP contribution in [-0.2, 0) is 40.9 Å². The first-order chi connectivity index (χ1) is 22.2. The number of anilines is 1. The van der Waals surface area contributed by atoms with Crippen molar-refractivity contribution in [3.8, 4) is 11.5 Å². The van der Waals surface area contributed by atoms with Crippen molar-refractivity contribution >= 4 is 44.1 Å². The van der Waals surface area contributed by atoms with Crippen LogP contribution in [0.2, 0.25) is 5.02 Å². The number of ether oxygens (including phenoxy) is 2. The number of carbonyl (C=O) groups is 1. The third kappa shape index (κ3) is 7.36. The van der Waals surface area contributed by atoms with Crippen LogP contribution in [0.3, 0.4) is 0 Å². The van der Waals surface area contributed by atoms with Gasteiger partial charge in [-0.1, -0.05) is 54.1 Å². The molecule has 9 nitrogen and oxygen atoms in total. The second-order valence-corrected chi connectivity index (χ2v) is 13.8. The van der Waals surface area contributed by atoms with Gasteiger partial charge in [0, 0.05) is 41.9 Å². The maximum atomic E-state index is 14.7. The number of rotatable bonds is 13. The Morgan fingerprint density at radius 3 is 2.11 bits per heavy atom.